The smallest absolute Gasteiger partial charge is 0.128 e. The summed E-state index contributed by atoms with van der Waals surface area (Å²) in [5, 5.41) is 3.56. The van der Waals surface area contributed by atoms with Crippen LogP contribution < -0.4 is 10.2 Å². The molecule has 21 heavy (non-hydrogen) atoms. The maximum Gasteiger partial charge on any atom is 0.128 e. The first-order chi connectivity index (χ1) is 10.2. The first kappa shape index (κ1) is 16.3. The van der Waals surface area contributed by atoms with Gasteiger partial charge in [0, 0.05) is 25.3 Å². The third kappa shape index (κ3) is 4.70. The summed E-state index contributed by atoms with van der Waals surface area (Å²) in [6, 6.07) is 4.82. The van der Waals surface area contributed by atoms with Gasteiger partial charge in [0.1, 0.15) is 5.82 Å². The zero-order valence-corrected chi connectivity index (χ0v) is 13.9. The zero-order chi connectivity index (χ0) is 15.1. The van der Waals surface area contributed by atoms with Crippen LogP contribution >= 0.6 is 0 Å². The Labute approximate surface area is 130 Å². The van der Waals surface area contributed by atoms with Gasteiger partial charge >= 0.3 is 0 Å². The third-order valence-corrected chi connectivity index (χ3v) is 4.72. The van der Waals surface area contributed by atoms with Gasteiger partial charge in [-0.05, 0) is 62.8 Å². The van der Waals surface area contributed by atoms with E-state index in [1.54, 1.807) is 0 Å². The molecule has 1 aliphatic heterocycles. The van der Waals surface area contributed by atoms with Crippen molar-refractivity contribution in [3.63, 3.8) is 0 Å². The quantitative estimate of drug-likeness (QED) is 0.852. The van der Waals surface area contributed by atoms with Gasteiger partial charge in [0.05, 0.1) is 0 Å². The molecule has 1 N–H and O–H groups in total. The minimum atomic E-state index is 0.405. The number of hydrogen-bond donors (Lipinski definition) is 1. The standard InChI is InChI=1S/C18H31N3/c1-4-10-19-15(3)17-8-11-20-18(14-17)21-12-6-7-16(5-2)9-13-21/h8,11,14-16,19H,4-7,9-10,12-13H2,1-3H3. The van der Waals surface area contributed by atoms with Gasteiger partial charge in [-0.25, -0.2) is 4.98 Å². The molecule has 0 aliphatic carbocycles. The molecule has 3 heteroatoms. The molecule has 118 valence electrons. The van der Waals surface area contributed by atoms with Crippen LogP contribution in [0.4, 0.5) is 5.82 Å². The Hall–Kier alpha value is -1.09. The number of pyridine rings is 1. The molecule has 0 spiro atoms. The van der Waals surface area contributed by atoms with Crippen LogP contribution in [0.1, 0.15) is 64.5 Å². The van der Waals surface area contributed by atoms with E-state index in [1.807, 2.05) is 6.20 Å². The van der Waals surface area contributed by atoms with Crippen molar-refractivity contribution < 1.29 is 0 Å². The van der Waals surface area contributed by atoms with Crippen molar-refractivity contribution >= 4 is 5.82 Å². The van der Waals surface area contributed by atoms with Gasteiger partial charge in [-0.3, -0.25) is 0 Å². The van der Waals surface area contributed by atoms with E-state index < -0.39 is 0 Å². The molecule has 1 fully saturated rings. The Morgan fingerprint density at radius 2 is 2.19 bits per heavy atom. The van der Waals surface area contributed by atoms with Gasteiger partial charge in [0.15, 0.2) is 0 Å². The Morgan fingerprint density at radius 3 is 2.95 bits per heavy atom. The van der Waals surface area contributed by atoms with E-state index in [0.29, 0.717) is 6.04 Å². The second kappa shape index (κ2) is 8.38. The van der Waals surface area contributed by atoms with Crippen molar-refractivity contribution in [2.75, 3.05) is 24.5 Å². The van der Waals surface area contributed by atoms with Crippen molar-refractivity contribution in [3.05, 3.63) is 23.9 Å². The van der Waals surface area contributed by atoms with Crippen molar-refractivity contribution in [1.29, 1.82) is 0 Å². The highest BCUT2D eigenvalue weighted by atomic mass is 15.2. The van der Waals surface area contributed by atoms with Gasteiger partial charge in [-0.15, -0.1) is 0 Å². The first-order valence-corrected chi connectivity index (χ1v) is 8.68. The number of nitrogens with one attached hydrogen (secondary N) is 1. The maximum absolute atomic E-state index is 4.62. The minimum Gasteiger partial charge on any atom is -0.357 e. The molecule has 0 aromatic carbocycles. The largest absolute Gasteiger partial charge is 0.357 e. The summed E-state index contributed by atoms with van der Waals surface area (Å²) in [7, 11) is 0. The molecule has 1 aromatic rings. The average Bonchev–Trinajstić information content (AvgIpc) is 2.78. The predicted molar refractivity (Wildman–Crippen MR) is 90.8 cm³/mol. The van der Waals surface area contributed by atoms with Crippen LogP contribution in [0, 0.1) is 5.92 Å². The lowest BCUT2D eigenvalue weighted by Gasteiger charge is -2.23. The number of nitrogens with zero attached hydrogens (tertiary/aromatic N) is 2. The highest BCUT2D eigenvalue weighted by Crippen LogP contribution is 2.24. The van der Waals surface area contributed by atoms with Crippen LogP contribution in [0.5, 0.6) is 0 Å². The van der Waals surface area contributed by atoms with Crippen molar-refractivity contribution in [1.82, 2.24) is 10.3 Å². The van der Waals surface area contributed by atoms with E-state index >= 15 is 0 Å². The normalized spacial score (nSPS) is 21.1. The molecular weight excluding hydrogens is 258 g/mol. The minimum absolute atomic E-state index is 0.405. The van der Waals surface area contributed by atoms with Gasteiger partial charge in [0.25, 0.3) is 0 Å². The molecule has 2 atom stereocenters. The second-order valence-corrected chi connectivity index (χ2v) is 6.32. The van der Waals surface area contributed by atoms with Gasteiger partial charge in [-0.1, -0.05) is 20.3 Å². The lowest BCUT2D eigenvalue weighted by molar-refractivity contribution is 0.459. The van der Waals surface area contributed by atoms with E-state index in [9.17, 15) is 0 Å². The van der Waals surface area contributed by atoms with E-state index in [1.165, 1.54) is 37.7 Å². The summed E-state index contributed by atoms with van der Waals surface area (Å²) >= 11 is 0. The SMILES string of the molecule is CCCNC(C)c1ccnc(N2CCCC(CC)CC2)c1. The first-order valence-electron chi connectivity index (χ1n) is 8.68. The van der Waals surface area contributed by atoms with Crippen molar-refractivity contribution in [3.8, 4) is 0 Å². The number of rotatable bonds is 6. The highest BCUT2D eigenvalue weighted by molar-refractivity contribution is 5.42. The fourth-order valence-electron chi connectivity index (χ4n) is 3.16. The molecule has 1 aromatic heterocycles. The third-order valence-electron chi connectivity index (χ3n) is 4.72. The molecule has 0 bridgehead atoms. The summed E-state index contributed by atoms with van der Waals surface area (Å²) in [4.78, 5) is 7.09. The Bertz CT molecular complexity index is 419. The molecule has 0 radical (unpaired) electrons. The van der Waals surface area contributed by atoms with Gasteiger partial charge in [-0.2, -0.15) is 0 Å². The van der Waals surface area contributed by atoms with Crippen LogP contribution in [-0.2, 0) is 0 Å². The summed E-state index contributed by atoms with van der Waals surface area (Å²) in [6.07, 6.45) is 8.45. The van der Waals surface area contributed by atoms with Crippen LogP contribution in [0.15, 0.2) is 18.3 Å². The molecule has 2 unspecified atom stereocenters. The van der Waals surface area contributed by atoms with Gasteiger partial charge < -0.3 is 10.2 Å². The summed E-state index contributed by atoms with van der Waals surface area (Å²) < 4.78 is 0. The maximum atomic E-state index is 4.62. The van der Waals surface area contributed by atoms with E-state index in [2.05, 4.69) is 48.1 Å². The monoisotopic (exact) mass is 289 g/mol. The van der Waals surface area contributed by atoms with Gasteiger partial charge in [0.2, 0.25) is 0 Å². The molecule has 2 rings (SSSR count). The van der Waals surface area contributed by atoms with Crippen molar-refractivity contribution in [2.45, 2.75) is 58.9 Å². The molecule has 1 saturated heterocycles. The second-order valence-electron chi connectivity index (χ2n) is 6.32. The molecule has 3 nitrogen and oxygen atoms in total. The molecular formula is C18H31N3. The molecule has 0 saturated carbocycles. The van der Waals surface area contributed by atoms with Crippen molar-refractivity contribution in [2.24, 2.45) is 5.92 Å². The zero-order valence-electron chi connectivity index (χ0n) is 13.9. The number of anilines is 1. The van der Waals surface area contributed by atoms with Crippen LogP contribution in [-0.4, -0.2) is 24.6 Å². The van der Waals surface area contributed by atoms with Crippen LogP contribution in [0.25, 0.3) is 0 Å². The topological polar surface area (TPSA) is 28.2 Å². The predicted octanol–water partition coefficient (Wildman–Crippen LogP) is 4.16. The molecule has 1 aliphatic rings. The molecule has 2 heterocycles. The number of aromatic nitrogens is 1. The Balaban J connectivity index is 2.02. The van der Waals surface area contributed by atoms with E-state index in [0.717, 1.165) is 31.4 Å². The van der Waals surface area contributed by atoms with E-state index in [-0.39, 0.29) is 0 Å². The fourth-order valence-corrected chi connectivity index (χ4v) is 3.16. The Kier molecular flexibility index (Phi) is 6.50. The van der Waals surface area contributed by atoms with Crippen LogP contribution in [0.3, 0.4) is 0 Å². The van der Waals surface area contributed by atoms with E-state index in [4.69, 9.17) is 0 Å². The summed E-state index contributed by atoms with van der Waals surface area (Å²) in [5.41, 5.74) is 1.35. The Morgan fingerprint density at radius 1 is 1.33 bits per heavy atom. The van der Waals surface area contributed by atoms with Crippen LogP contribution in [0.2, 0.25) is 0 Å². The summed E-state index contributed by atoms with van der Waals surface area (Å²) in [5.74, 6) is 2.07. The molecule has 0 amide bonds. The average molecular weight is 289 g/mol. The fraction of sp³-hybridized carbons (Fsp3) is 0.722. The lowest BCUT2D eigenvalue weighted by Crippen LogP contribution is -2.26. The summed E-state index contributed by atoms with van der Waals surface area (Å²) in [6.45, 7) is 10.2. The lowest BCUT2D eigenvalue weighted by atomic mass is 9.98. The highest BCUT2D eigenvalue weighted by Gasteiger charge is 2.17. The number of hydrogen-bond acceptors (Lipinski definition) is 3.